The smallest absolute Gasteiger partial charge is 0.257 e. The third kappa shape index (κ3) is 2.86. The van der Waals surface area contributed by atoms with Gasteiger partial charge < -0.3 is 16.0 Å². The van der Waals surface area contributed by atoms with E-state index in [1.807, 2.05) is 30.3 Å². The van der Waals surface area contributed by atoms with E-state index in [2.05, 4.69) is 16.0 Å². The lowest BCUT2D eigenvalue weighted by Gasteiger charge is -2.13. The van der Waals surface area contributed by atoms with Crippen molar-refractivity contribution in [1.29, 1.82) is 0 Å². The topological polar surface area (TPSA) is 70.2 Å². The Morgan fingerprint density at radius 1 is 1.05 bits per heavy atom. The number of para-hydroxylation sites is 2. The van der Waals surface area contributed by atoms with Gasteiger partial charge in [0.2, 0.25) is 5.91 Å². The van der Waals surface area contributed by atoms with Crippen molar-refractivity contribution >= 4 is 28.9 Å². The molecule has 2 aromatic rings. The number of nitrogens with one attached hydrogen (secondary N) is 3. The van der Waals surface area contributed by atoms with Crippen molar-refractivity contribution < 1.29 is 9.59 Å². The molecule has 2 aromatic carbocycles. The van der Waals surface area contributed by atoms with E-state index >= 15 is 0 Å². The molecular formula is C16H15N3O2. The summed E-state index contributed by atoms with van der Waals surface area (Å²) in [6.45, 7) is 0.508. The first-order chi connectivity index (χ1) is 10.2. The van der Waals surface area contributed by atoms with E-state index in [-0.39, 0.29) is 11.8 Å². The predicted octanol–water partition coefficient (Wildman–Crippen LogP) is 2.69. The second kappa shape index (κ2) is 5.66. The van der Waals surface area contributed by atoms with Crippen molar-refractivity contribution in [2.45, 2.75) is 6.42 Å². The average molecular weight is 281 g/mol. The molecule has 2 amide bonds. The van der Waals surface area contributed by atoms with Crippen molar-refractivity contribution in [3.05, 3.63) is 54.1 Å². The van der Waals surface area contributed by atoms with E-state index in [1.165, 1.54) is 0 Å². The number of carbonyl (C=O) groups is 2. The van der Waals surface area contributed by atoms with Gasteiger partial charge in [0.25, 0.3) is 5.91 Å². The molecule has 0 aromatic heterocycles. The lowest BCUT2D eigenvalue weighted by atomic mass is 10.1. The van der Waals surface area contributed by atoms with Crippen LogP contribution in [0.2, 0.25) is 0 Å². The number of rotatable bonds is 2. The quantitative estimate of drug-likeness (QED) is 0.792. The molecule has 0 fully saturated rings. The SMILES string of the molecule is O=C1CCNc2c(cccc2C(=O)Nc2ccccc2)N1. The first-order valence-electron chi connectivity index (χ1n) is 6.77. The van der Waals surface area contributed by atoms with Gasteiger partial charge in [-0.25, -0.2) is 0 Å². The lowest BCUT2D eigenvalue weighted by molar-refractivity contribution is -0.115. The van der Waals surface area contributed by atoms with Crippen LogP contribution in [0.4, 0.5) is 17.1 Å². The normalized spacial score (nSPS) is 13.4. The summed E-state index contributed by atoms with van der Waals surface area (Å²) in [6.07, 6.45) is 0.383. The molecule has 1 aliphatic rings. The highest BCUT2D eigenvalue weighted by atomic mass is 16.2. The van der Waals surface area contributed by atoms with Crippen LogP contribution < -0.4 is 16.0 Å². The summed E-state index contributed by atoms with van der Waals surface area (Å²) < 4.78 is 0. The largest absolute Gasteiger partial charge is 0.382 e. The zero-order valence-electron chi connectivity index (χ0n) is 11.3. The van der Waals surface area contributed by atoms with E-state index in [0.717, 1.165) is 5.69 Å². The van der Waals surface area contributed by atoms with Gasteiger partial charge in [0, 0.05) is 18.7 Å². The minimum Gasteiger partial charge on any atom is -0.382 e. The third-order valence-corrected chi connectivity index (χ3v) is 3.27. The monoisotopic (exact) mass is 281 g/mol. The summed E-state index contributed by atoms with van der Waals surface area (Å²) in [4.78, 5) is 24.0. The van der Waals surface area contributed by atoms with Crippen LogP contribution >= 0.6 is 0 Å². The average Bonchev–Trinajstić information content (AvgIpc) is 2.68. The molecule has 1 aliphatic heterocycles. The second-order valence-corrected chi connectivity index (χ2v) is 4.77. The second-order valence-electron chi connectivity index (χ2n) is 4.77. The summed E-state index contributed by atoms with van der Waals surface area (Å²) in [5, 5.41) is 8.80. The predicted molar refractivity (Wildman–Crippen MR) is 82.6 cm³/mol. The highest BCUT2D eigenvalue weighted by Crippen LogP contribution is 2.28. The molecule has 0 radical (unpaired) electrons. The van der Waals surface area contributed by atoms with Crippen LogP contribution in [0, 0.1) is 0 Å². The molecule has 0 unspecified atom stereocenters. The van der Waals surface area contributed by atoms with Crippen molar-refractivity contribution in [2.75, 3.05) is 22.5 Å². The Bertz CT molecular complexity index is 683. The highest BCUT2D eigenvalue weighted by molar-refractivity contribution is 6.11. The zero-order valence-corrected chi connectivity index (χ0v) is 11.3. The summed E-state index contributed by atoms with van der Waals surface area (Å²) in [7, 11) is 0. The minimum atomic E-state index is -0.207. The maximum absolute atomic E-state index is 12.4. The molecule has 0 saturated carbocycles. The molecule has 106 valence electrons. The van der Waals surface area contributed by atoms with Crippen molar-refractivity contribution in [3.63, 3.8) is 0 Å². The van der Waals surface area contributed by atoms with Crippen LogP contribution in [0.3, 0.4) is 0 Å². The van der Waals surface area contributed by atoms with E-state index in [1.54, 1.807) is 18.2 Å². The van der Waals surface area contributed by atoms with Crippen LogP contribution in [0.1, 0.15) is 16.8 Å². The van der Waals surface area contributed by atoms with Crippen LogP contribution in [-0.4, -0.2) is 18.4 Å². The molecule has 3 rings (SSSR count). The van der Waals surface area contributed by atoms with Crippen molar-refractivity contribution in [1.82, 2.24) is 0 Å². The first-order valence-corrected chi connectivity index (χ1v) is 6.77. The molecule has 1 heterocycles. The van der Waals surface area contributed by atoms with Gasteiger partial charge >= 0.3 is 0 Å². The summed E-state index contributed by atoms with van der Waals surface area (Å²) in [6, 6.07) is 14.5. The summed E-state index contributed by atoms with van der Waals surface area (Å²) in [5.41, 5.74) is 2.55. The molecule has 3 N–H and O–H groups in total. The zero-order chi connectivity index (χ0) is 14.7. The first kappa shape index (κ1) is 13.2. The van der Waals surface area contributed by atoms with Gasteiger partial charge in [0.1, 0.15) is 0 Å². The number of fused-ring (bicyclic) bond motifs is 1. The fourth-order valence-electron chi connectivity index (χ4n) is 2.27. The van der Waals surface area contributed by atoms with Gasteiger partial charge in [-0.1, -0.05) is 24.3 Å². The standard InChI is InChI=1S/C16H15N3O2/c20-14-9-10-17-15-12(7-4-8-13(15)19-14)16(21)18-11-5-2-1-3-6-11/h1-8,17H,9-10H2,(H,18,21)(H,19,20). The molecule has 0 aliphatic carbocycles. The maximum atomic E-state index is 12.4. The fraction of sp³-hybridized carbons (Fsp3) is 0.125. The van der Waals surface area contributed by atoms with Crippen LogP contribution in [0.5, 0.6) is 0 Å². The van der Waals surface area contributed by atoms with Gasteiger partial charge in [-0.15, -0.1) is 0 Å². The Kier molecular flexibility index (Phi) is 3.55. The molecule has 0 bridgehead atoms. The van der Waals surface area contributed by atoms with Gasteiger partial charge in [-0.2, -0.15) is 0 Å². The Labute approximate surface area is 122 Å². The molecule has 0 saturated heterocycles. The number of benzene rings is 2. The number of carbonyl (C=O) groups excluding carboxylic acids is 2. The van der Waals surface area contributed by atoms with Crippen LogP contribution in [0.25, 0.3) is 0 Å². The Balaban J connectivity index is 1.90. The van der Waals surface area contributed by atoms with Gasteiger partial charge in [-0.05, 0) is 24.3 Å². The third-order valence-electron chi connectivity index (χ3n) is 3.27. The maximum Gasteiger partial charge on any atom is 0.257 e. The number of hydrogen-bond acceptors (Lipinski definition) is 3. The van der Waals surface area contributed by atoms with E-state index < -0.39 is 0 Å². The van der Waals surface area contributed by atoms with Crippen LogP contribution in [0.15, 0.2) is 48.5 Å². The Hall–Kier alpha value is -2.82. The van der Waals surface area contributed by atoms with E-state index in [4.69, 9.17) is 0 Å². The molecule has 5 nitrogen and oxygen atoms in total. The number of amides is 2. The fourth-order valence-corrected chi connectivity index (χ4v) is 2.27. The molecule has 0 spiro atoms. The van der Waals surface area contributed by atoms with E-state index in [0.29, 0.717) is 29.9 Å². The Morgan fingerprint density at radius 2 is 1.86 bits per heavy atom. The molecule has 5 heteroatoms. The summed E-state index contributed by atoms with van der Waals surface area (Å²) in [5.74, 6) is -0.261. The molecular weight excluding hydrogens is 266 g/mol. The Morgan fingerprint density at radius 3 is 2.67 bits per heavy atom. The summed E-state index contributed by atoms with van der Waals surface area (Å²) >= 11 is 0. The van der Waals surface area contributed by atoms with Gasteiger partial charge in [0.15, 0.2) is 0 Å². The number of anilines is 3. The van der Waals surface area contributed by atoms with E-state index in [9.17, 15) is 9.59 Å². The van der Waals surface area contributed by atoms with Crippen LogP contribution in [-0.2, 0) is 4.79 Å². The van der Waals surface area contributed by atoms with Gasteiger partial charge in [-0.3, -0.25) is 9.59 Å². The molecule has 0 atom stereocenters. The van der Waals surface area contributed by atoms with Crippen molar-refractivity contribution in [3.8, 4) is 0 Å². The molecule has 21 heavy (non-hydrogen) atoms. The number of hydrogen-bond donors (Lipinski definition) is 3. The lowest BCUT2D eigenvalue weighted by Crippen LogP contribution is -2.15. The highest BCUT2D eigenvalue weighted by Gasteiger charge is 2.18. The van der Waals surface area contributed by atoms with Crippen molar-refractivity contribution in [2.24, 2.45) is 0 Å². The minimum absolute atomic E-state index is 0.0538. The van der Waals surface area contributed by atoms with Gasteiger partial charge in [0.05, 0.1) is 16.9 Å².